The van der Waals surface area contributed by atoms with E-state index in [0.29, 0.717) is 45.8 Å². The number of rotatable bonds is 11. The minimum atomic E-state index is -0.484. The van der Waals surface area contributed by atoms with Crippen molar-refractivity contribution in [2.45, 2.75) is 25.2 Å². The number of nitrogens with one attached hydrogen (secondary N) is 2. The number of carbonyl (C=O) groups is 3. The van der Waals surface area contributed by atoms with E-state index in [4.69, 9.17) is 14.2 Å². The molecule has 0 fully saturated rings. The van der Waals surface area contributed by atoms with Crippen LogP contribution in [-0.4, -0.2) is 59.6 Å². The molecular formula is C24H27N5O6S. The van der Waals surface area contributed by atoms with Crippen LogP contribution in [0.3, 0.4) is 0 Å². The number of thioether (sulfide) groups is 1. The van der Waals surface area contributed by atoms with Crippen LogP contribution >= 0.6 is 11.8 Å². The summed E-state index contributed by atoms with van der Waals surface area (Å²) in [5, 5.41) is 14.4. The Bertz CT molecular complexity index is 1250. The van der Waals surface area contributed by atoms with Crippen molar-refractivity contribution in [3.63, 3.8) is 0 Å². The summed E-state index contributed by atoms with van der Waals surface area (Å²) in [5.41, 5.74) is 1.24. The normalized spacial score (nSPS) is 10.4. The smallest absolute Gasteiger partial charge is 0.337 e. The first kappa shape index (κ1) is 26.5. The number of nitrogens with zero attached hydrogens (tertiary/aromatic N) is 3. The topological polar surface area (TPSA) is 134 Å². The molecule has 0 unspecified atom stereocenters. The van der Waals surface area contributed by atoms with Crippen LogP contribution in [0.5, 0.6) is 11.5 Å². The molecule has 12 heteroatoms. The molecule has 0 aliphatic carbocycles. The summed E-state index contributed by atoms with van der Waals surface area (Å²) in [4.78, 5) is 36.7. The molecule has 0 bridgehead atoms. The fourth-order valence-corrected chi connectivity index (χ4v) is 4.10. The van der Waals surface area contributed by atoms with E-state index in [0.717, 1.165) is 0 Å². The highest BCUT2D eigenvalue weighted by molar-refractivity contribution is 7.99. The van der Waals surface area contributed by atoms with Crippen molar-refractivity contribution in [3.05, 3.63) is 59.4 Å². The molecule has 1 aromatic heterocycles. The van der Waals surface area contributed by atoms with Gasteiger partial charge in [-0.25, -0.2) is 4.79 Å². The molecule has 3 rings (SSSR count). The quantitative estimate of drug-likeness (QED) is 0.293. The van der Waals surface area contributed by atoms with Gasteiger partial charge in [0.15, 0.2) is 22.5 Å². The lowest BCUT2D eigenvalue weighted by molar-refractivity contribution is -0.113. The van der Waals surface area contributed by atoms with Crippen LogP contribution in [0.25, 0.3) is 0 Å². The zero-order valence-electron chi connectivity index (χ0n) is 20.4. The first-order valence-corrected chi connectivity index (χ1v) is 11.9. The van der Waals surface area contributed by atoms with Crippen molar-refractivity contribution in [1.29, 1.82) is 0 Å². The Balaban J connectivity index is 1.58. The number of carbonyl (C=O) groups excluding carboxylic acids is 3. The van der Waals surface area contributed by atoms with Gasteiger partial charge in [0.2, 0.25) is 5.91 Å². The summed E-state index contributed by atoms with van der Waals surface area (Å²) >= 11 is 1.22. The predicted molar refractivity (Wildman–Crippen MR) is 134 cm³/mol. The Morgan fingerprint density at radius 1 is 0.972 bits per heavy atom. The minimum Gasteiger partial charge on any atom is -0.493 e. The Hall–Kier alpha value is -4.06. The van der Waals surface area contributed by atoms with E-state index in [1.807, 2.05) is 11.5 Å². The van der Waals surface area contributed by atoms with E-state index in [9.17, 15) is 14.4 Å². The second-order valence-electron chi connectivity index (χ2n) is 7.30. The van der Waals surface area contributed by atoms with Crippen molar-refractivity contribution >= 4 is 35.2 Å². The molecule has 0 spiro atoms. The number of esters is 1. The van der Waals surface area contributed by atoms with Crippen LogP contribution < -0.4 is 20.1 Å². The summed E-state index contributed by atoms with van der Waals surface area (Å²) in [6, 6.07) is 11.4. The Morgan fingerprint density at radius 2 is 1.75 bits per heavy atom. The fraction of sp³-hybridized carbons (Fsp3) is 0.292. The maximum Gasteiger partial charge on any atom is 0.337 e. The molecule has 0 atom stereocenters. The van der Waals surface area contributed by atoms with Gasteiger partial charge >= 0.3 is 5.97 Å². The van der Waals surface area contributed by atoms with Crippen molar-refractivity contribution < 1.29 is 28.6 Å². The monoisotopic (exact) mass is 513 g/mol. The Morgan fingerprint density at radius 3 is 2.44 bits per heavy atom. The maximum atomic E-state index is 12.6. The average Bonchev–Trinajstić information content (AvgIpc) is 3.31. The Labute approximate surface area is 212 Å². The van der Waals surface area contributed by atoms with Gasteiger partial charge in [0.25, 0.3) is 5.91 Å². The minimum absolute atomic E-state index is 0.0819. The van der Waals surface area contributed by atoms with Crippen LogP contribution in [0.1, 0.15) is 33.5 Å². The SMILES string of the molecule is CCn1c(CNC(=O)c2ccc(OC)c(OC)c2)nnc1SCC(=O)Nc1cccc(C(=O)OC)c1. The van der Waals surface area contributed by atoms with E-state index >= 15 is 0 Å². The standard InChI is InChI=1S/C24H27N5O6S/c1-5-29-20(13-25-22(31)15-9-10-18(33-2)19(12-15)34-3)27-28-24(29)36-14-21(30)26-17-8-6-7-16(11-17)23(32)35-4/h6-12H,5,13-14H2,1-4H3,(H,25,31)(H,26,30). The molecule has 0 saturated heterocycles. The number of ether oxygens (including phenoxy) is 3. The third-order valence-electron chi connectivity index (χ3n) is 5.06. The van der Waals surface area contributed by atoms with Crippen LogP contribution in [0.15, 0.2) is 47.6 Å². The molecule has 0 aliphatic heterocycles. The third-order valence-corrected chi connectivity index (χ3v) is 6.03. The number of hydrogen-bond donors (Lipinski definition) is 2. The van der Waals surface area contributed by atoms with Crippen LogP contribution in [0.2, 0.25) is 0 Å². The van der Waals surface area contributed by atoms with Crippen molar-refractivity contribution in [1.82, 2.24) is 20.1 Å². The molecule has 36 heavy (non-hydrogen) atoms. The summed E-state index contributed by atoms with van der Waals surface area (Å²) in [7, 11) is 4.32. The molecule has 3 aromatic rings. The highest BCUT2D eigenvalue weighted by Gasteiger charge is 2.16. The first-order valence-electron chi connectivity index (χ1n) is 10.9. The lowest BCUT2D eigenvalue weighted by atomic mass is 10.2. The number of methoxy groups -OCH3 is 3. The van der Waals surface area contributed by atoms with Gasteiger partial charge < -0.3 is 29.4 Å². The van der Waals surface area contributed by atoms with E-state index in [1.165, 1.54) is 33.1 Å². The summed E-state index contributed by atoms with van der Waals surface area (Å²) in [5.74, 6) is 0.568. The molecule has 2 aromatic carbocycles. The van der Waals surface area contributed by atoms with E-state index < -0.39 is 5.97 Å². The van der Waals surface area contributed by atoms with E-state index in [1.54, 1.807) is 42.5 Å². The number of anilines is 1. The molecule has 0 saturated carbocycles. The number of amides is 2. The van der Waals surface area contributed by atoms with Crippen LogP contribution in [0, 0.1) is 0 Å². The van der Waals surface area contributed by atoms with Crippen LogP contribution in [0.4, 0.5) is 5.69 Å². The molecule has 0 radical (unpaired) electrons. The molecule has 1 heterocycles. The van der Waals surface area contributed by atoms with Gasteiger partial charge in [-0.1, -0.05) is 17.8 Å². The van der Waals surface area contributed by atoms with Crippen molar-refractivity contribution in [2.75, 3.05) is 32.4 Å². The van der Waals surface area contributed by atoms with E-state index in [2.05, 4.69) is 20.8 Å². The second kappa shape index (κ2) is 12.6. The molecular weight excluding hydrogens is 486 g/mol. The van der Waals surface area contributed by atoms with Gasteiger partial charge in [-0.05, 0) is 43.3 Å². The molecule has 190 valence electrons. The van der Waals surface area contributed by atoms with Gasteiger partial charge in [0.1, 0.15) is 0 Å². The van der Waals surface area contributed by atoms with Gasteiger partial charge in [-0.2, -0.15) is 0 Å². The van der Waals surface area contributed by atoms with Gasteiger partial charge in [-0.3, -0.25) is 9.59 Å². The zero-order valence-corrected chi connectivity index (χ0v) is 21.2. The molecule has 0 aliphatic rings. The number of hydrogen-bond acceptors (Lipinski definition) is 9. The second-order valence-corrected chi connectivity index (χ2v) is 8.25. The summed E-state index contributed by atoms with van der Waals surface area (Å²) in [6.07, 6.45) is 0. The molecule has 2 amide bonds. The average molecular weight is 514 g/mol. The first-order chi connectivity index (χ1) is 17.4. The lowest BCUT2D eigenvalue weighted by Crippen LogP contribution is -2.25. The highest BCUT2D eigenvalue weighted by atomic mass is 32.2. The maximum absolute atomic E-state index is 12.6. The lowest BCUT2D eigenvalue weighted by Gasteiger charge is -2.11. The van der Waals surface area contributed by atoms with Crippen LogP contribution in [-0.2, 0) is 22.6 Å². The highest BCUT2D eigenvalue weighted by Crippen LogP contribution is 2.27. The predicted octanol–water partition coefficient (Wildman–Crippen LogP) is 2.76. The van der Waals surface area contributed by atoms with E-state index in [-0.39, 0.29) is 24.1 Å². The van der Waals surface area contributed by atoms with Gasteiger partial charge in [0.05, 0.1) is 39.2 Å². The third kappa shape index (κ3) is 6.54. The number of aromatic nitrogens is 3. The van der Waals surface area contributed by atoms with Gasteiger partial charge in [0, 0.05) is 17.8 Å². The molecule has 2 N–H and O–H groups in total. The number of benzene rings is 2. The summed E-state index contributed by atoms with van der Waals surface area (Å²) in [6.45, 7) is 2.63. The molecule has 11 nitrogen and oxygen atoms in total. The van der Waals surface area contributed by atoms with Crippen molar-refractivity contribution in [3.8, 4) is 11.5 Å². The largest absolute Gasteiger partial charge is 0.493 e. The van der Waals surface area contributed by atoms with Gasteiger partial charge in [-0.15, -0.1) is 10.2 Å². The zero-order chi connectivity index (χ0) is 26.1. The van der Waals surface area contributed by atoms with Crippen molar-refractivity contribution in [2.24, 2.45) is 0 Å². The summed E-state index contributed by atoms with van der Waals surface area (Å²) < 4.78 is 17.0. The Kier molecular flexibility index (Phi) is 9.28. The fourth-order valence-electron chi connectivity index (χ4n) is 3.28.